The second-order valence-electron chi connectivity index (χ2n) is 5.88. The van der Waals surface area contributed by atoms with Crippen LogP contribution >= 0.6 is 11.6 Å². The fourth-order valence-corrected chi connectivity index (χ4v) is 2.46. The zero-order chi connectivity index (χ0) is 18.6. The number of carbonyl (C=O) groups excluding carboxylic acids is 2. The molecule has 0 bridgehead atoms. The molecule has 6 heteroatoms. The Morgan fingerprint density at radius 2 is 1.60 bits per heavy atom. The van der Waals surface area contributed by atoms with Crippen molar-refractivity contribution in [3.63, 3.8) is 0 Å². The quantitative estimate of drug-likeness (QED) is 0.834. The van der Waals surface area contributed by atoms with E-state index in [2.05, 4.69) is 10.6 Å². The van der Waals surface area contributed by atoms with Crippen molar-refractivity contribution < 1.29 is 14.3 Å². The van der Waals surface area contributed by atoms with E-state index in [4.69, 9.17) is 16.3 Å². The fourth-order valence-electron chi connectivity index (χ4n) is 2.35. The lowest BCUT2D eigenvalue weighted by Gasteiger charge is -2.16. The van der Waals surface area contributed by atoms with E-state index < -0.39 is 6.10 Å². The van der Waals surface area contributed by atoms with Crippen molar-refractivity contribution >= 4 is 34.8 Å². The number of carbonyl (C=O) groups is 2. The molecular formula is C19H21ClN2O3. The number of halogens is 1. The lowest BCUT2D eigenvalue weighted by molar-refractivity contribution is -0.122. The average molecular weight is 361 g/mol. The van der Waals surface area contributed by atoms with Crippen LogP contribution in [0.1, 0.15) is 25.0 Å². The van der Waals surface area contributed by atoms with Crippen LogP contribution in [0.4, 0.5) is 11.4 Å². The maximum Gasteiger partial charge on any atom is 0.265 e. The molecule has 25 heavy (non-hydrogen) atoms. The summed E-state index contributed by atoms with van der Waals surface area (Å²) in [5, 5.41) is 6.14. The minimum atomic E-state index is -0.690. The maximum absolute atomic E-state index is 12.3. The van der Waals surface area contributed by atoms with Gasteiger partial charge in [-0.15, -0.1) is 0 Å². The van der Waals surface area contributed by atoms with E-state index in [9.17, 15) is 9.59 Å². The highest BCUT2D eigenvalue weighted by Crippen LogP contribution is 2.26. The van der Waals surface area contributed by atoms with Gasteiger partial charge >= 0.3 is 0 Å². The second kappa shape index (κ2) is 8.03. The number of anilines is 2. The predicted molar refractivity (Wildman–Crippen MR) is 100 cm³/mol. The summed E-state index contributed by atoms with van der Waals surface area (Å²) < 4.78 is 5.72. The van der Waals surface area contributed by atoms with Gasteiger partial charge in [0.25, 0.3) is 5.91 Å². The molecule has 0 spiro atoms. The van der Waals surface area contributed by atoms with E-state index in [1.54, 1.807) is 43.3 Å². The lowest BCUT2D eigenvalue weighted by Crippen LogP contribution is -2.30. The second-order valence-corrected chi connectivity index (χ2v) is 6.26. The number of ether oxygens (including phenoxy) is 1. The molecule has 132 valence electrons. The topological polar surface area (TPSA) is 67.4 Å². The van der Waals surface area contributed by atoms with E-state index >= 15 is 0 Å². The van der Waals surface area contributed by atoms with Crippen LogP contribution in [0.5, 0.6) is 5.75 Å². The third-order valence-electron chi connectivity index (χ3n) is 3.54. The predicted octanol–water partition coefficient (Wildman–Crippen LogP) is 4.32. The number of amides is 2. The van der Waals surface area contributed by atoms with Gasteiger partial charge in [-0.3, -0.25) is 9.59 Å². The first-order chi connectivity index (χ1) is 11.8. The number of benzene rings is 2. The van der Waals surface area contributed by atoms with Gasteiger partial charge in [0.05, 0.1) is 0 Å². The Morgan fingerprint density at radius 1 is 1.04 bits per heavy atom. The average Bonchev–Trinajstić information content (AvgIpc) is 2.52. The van der Waals surface area contributed by atoms with Crippen molar-refractivity contribution in [1.82, 2.24) is 0 Å². The first-order valence-electron chi connectivity index (χ1n) is 7.88. The Hall–Kier alpha value is -2.53. The minimum Gasteiger partial charge on any atom is -0.481 e. The maximum atomic E-state index is 12.3. The number of hydrogen-bond donors (Lipinski definition) is 2. The largest absolute Gasteiger partial charge is 0.481 e. The first-order valence-corrected chi connectivity index (χ1v) is 8.26. The Morgan fingerprint density at radius 3 is 2.16 bits per heavy atom. The molecule has 0 heterocycles. The molecule has 0 aliphatic rings. The summed E-state index contributed by atoms with van der Waals surface area (Å²) in [6.07, 6.45) is -0.690. The molecule has 0 fully saturated rings. The molecule has 5 nitrogen and oxygen atoms in total. The fraction of sp³-hybridized carbons (Fsp3) is 0.263. The molecule has 2 aromatic carbocycles. The lowest BCUT2D eigenvalue weighted by atomic mass is 10.1. The molecule has 0 saturated heterocycles. The van der Waals surface area contributed by atoms with Crippen LogP contribution in [-0.2, 0) is 9.59 Å². The molecule has 0 unspecified atom stereocenters. The van der Waals surface area contributed by atoms with Crippen molar-refractivity contribution in [2.45, 2.75) is 33.8 Å². The van der Waals surface area contributed by atoms with E-state index in [1.165, 1.54) is 6.92 Å². The molecule has 0 saturated carbocycles. The summed E-state index contributed by atoms with van der Waals surface area (Å²) in [5.41, 5.74) is 2.98. The zero-order valence-corrected chi connectivity index (χ0v) is 15.4. The normalized spacial score (nSPS) is 11.6. The van der Waals surface area contributed by atoms with Gasteiger partial charge in [-0.25, -0.2) is 0 Å². The molecule has 2 amide bonds. The van der Waals surface area contributed by atoms with Crippen molar-refractivity contribution in [2.75, 3.05) is 10.6 Å². The van der Waals surface area contributed by atoms with Gasteiger partial charge in [0, 0.05) is 23.3 Å². The molecule has 0 aliphatic carbocycles. The molecule has 1 atom stereocenters. The van der Waals surface area contributed by atoms with Gasteiger partial charge in [0.1, 0.15) is 5.75 Å². The molecule has 0 aromatic heterocycles. The van der Waals surface area contributed by atoms with E-state index in [0.29, 0.717) is 22.1 Å². The third-order valence-corrected chi connectivity index (χ3v) is 4.14. The van der Waals surface area contributed by atoms with E-state index in [1.807, 2.05) is 13.8 Å². The van der Waals surface area contributed by atoms with E-state index in [-0.39, 0.29) is 11.8 Å². The van der Waals surface area contributed by atoms with Crippen LogP contribution in [0.2, 0.25) is 5.02 Å². The summed E-state index contributed by atoms with van der Waals surface area (Å²) >= 11 is 6.14. The number of aryl methyl sites for hydroxylation is 2. The third kappa shape index (κ3) is 5.22. The highest BCUT2D eigenvalue weighted by atomic mass is 35.5. The highest BCUT2D eigenvalue weighted by Gasteiger charge is 2.16. The summed E-state index contributed by atoms with van der Waals surface area (Å²) in [6, 6.07) is 10.5. The van der Waals surface area contributed by atoms with Crippen molar-refractivity contribution in [2.24, 2.45) is 0 Å². The molecule has 0 aliphatic heterocycles. The Labute approximate surface area is 152 Å². The van der Waals surface area contributed by atoms with E-state index in [0.717, 1.165) is 11.1 Å². The van der Waals surface area contributed by atoms with Crippen LogP contribution in [-0.4, -0.2) is 17.9 Å². The Kier molecular flexibility index (Phi) is 6.04. The van der Waals surface area contributed by atoms with Gasteiger partial charge in [0.15, 0.2) is 6.10 Å². The monoisotopic (exact) mass is 360 g/mol. The van der Waals surface area contributed by atoms with Gasteiger partial charge < -0.3 is 15.4 Å². The molecule has 0 radical (unpaired) electrons. The van der Waals surface area contributed by atoms with Crippen LogP contribution in [0, 0.1) is 13.8 Å². The zero-order valence-electron chi connectivity index (χ0n) is 14.6. The van der Waals surface area contributed by atoms with Crippen LogP contribution in [0.15, 0.2) is 36.4 Å². The minimum absolute atomic E-state index is 0.173. The van der Waals surface area contributed by atoms with Crippen molar-refractivity contribution in [1.29, 1.82) is 0 Å². The standard InChI is InChI=1S/C19H21ClN2O3/c1-11-8-17(9-12(2)18(11)20)25-13(3)19(24)22-16-7-5-6-15(10-16)21-14(4)23/h5-10,13H,1-4H3,(H,21,23)(H,22,24)/t13-/m0/s1. The number of nitrogens with one attached hydrogen (secondary N) is 2. The number of hydrogen-bond acceptors (Lipinski definition) is 3. The van der Waals surface area contributed by atoms with Crippen LogP contribution in [0.3, 0.4) is 0 Å². The van der Waals surface area contributed by atoms with Crippen LogP contribution < -0.4 is 15.4 Å². The van der Waals surface area contributed by atoms with Gasteiger partial charge in [0.2, 0.25) is 5.91 Å². The van der Waals surface area contributed by atoms with Gasteiger partial charge in [-0.1, -0.05) is 17.7 Å². The van der Waals surface area contributed by atoms with Crippen LogP contribution in [0.25, 0.3) is 0 Å². The summed E-state index contributed by atoms with van der Waals surface area (Å²) in [4.78, 5) is 23.4. The van der Waals surface area contributed by atoms with Crippen molar-refractivity contribution in [3.05, 3.63) is 52.5 Å². The summed E-state index contributed by atoms with van der Waals surface area (Å²) in [7, 11) is 0. The highest BCUT2D eigenvalue weighted by molar-refractivity contribution is 6.32. The number of rotatable bonds is 5. The molecule has 2 rings (SSSR count). The molecular weight excluding hydrogens is 340 g/mol. The Balaban J connectivity index is 2.04. The first kappa shape index (κ1) is 18.8. The summed E-state index contributed by atoms with van der Waals surface area (Å²) in [6.45, 7) is 6.88. The SMILES string of the molecule is CC(=O)Nc1cccc(NC(=O)[C@H](C)Oc2cc(C)c(Cl)c(C)c2)c1. The Bertz CT molecular complexity index is 782. The van der Waals surface area contributed by atoms with Gasteiger partial charge in [-0.05, 0) is 62.2 Å². The molecule has 2 aromatic rings. The summed E-state index contributed by atoms with van der Waals surface area (Å²) in [5.74, 6) is 0.132. The smallest absolute Gasteiger partial charge is 0.265 e. The molecule has 2 N–H and O–H groups in total. The van der Waals surface area contributed by atoms with Crippen molar-refractivity contribution in [3.8, 4) is 5.75 Å². The van der Waals surface area contributed by atoms with Gasteiger partial charge in [-0.2, -0.15) is 0 Å².